The largest absolute Gasteiger partial charge is 0.465 e. The molecule has 28 heavy (non-hydrogen) atoms. The van der Waals surface area contributed by atoms with E-state index in [4.69, 9.17) is 16.7 Å². The summed E-state index contributed by atoms with van der Waals surface area (Å²) in [7, 11) is 1.61. The lowest BCUT2D eigenvalue weighted by Crippen LogP contribution is -2.40. The van der Waals surface area contributed by atoms with Gasteiger partial charge in [0.1, 0.15) is 5.82 Å². The Morgan fingerprint density at radius 1 is 1.36 bits per heavy atom. The molecule has 1 aromatic heterocycles. The van der Waals surface area contributed by atoms with E-state index in [1.807, 2.05) is 25.1 Å². The molecule has 4 rings (SSSR count). The maximum Gasteiger partial charge on any atom is 0.405 e. The van der Waals surface area contributed by atoms with E-state index in [1.165, 1.54) is 10.9 Å². The van der Waals surface area contributed by atoms with Crippen LogP contribution >= 0.6 is 11.6 Å². The third-order valence-corrected chi connectivity index (χ3v) is 5.29. The zero-order valence-corrected chi connectivity index (χ0v) is 16.0. The number of nitrogens with zero attached hydrogens (tertiary/aromatic N) is 4. The molecule has 0 spiro atoms. The fraction of sp³-hybridized carbons (Fsp3) is 0.263. The maximum absolute atomic E-state index is 14.8. The summed E-state index contributed by atoms with van der Waals surface area (Å²) >= 11 is 6.11. The van der Waals surface area contributed by atoms with Gasteiger partial charge in [0.2, 0.25) is 5.82 Å². The van der Waals surface area contributed by atoms with Crippen LogP contribution in [-0.2, 0) is 19.0 Å². The molecule has 1 atom stereocenters. The van der Waals surface area contributed by atoms with E-state index < -0.39 is 17.4 Å². The molecule has 0 saturated carbocycles. The number of aromatic nitrogens is 4. The SMILES string of the molecule is Cn1nnc(-c2c(F)cc(Cl)cc2-c2ccc3c(c2)CCC3(C)NC(=O)O)n1. The first kappa shape index (κ1) is 18.4. The van der Waals surface area contributed by atoms with Crippen molar-refractivity contribution in [3.63, 3.8) is 0 Å². The molecule has 3 aromatic rings. The Morgan fingerprint density at radius 2 is 2.14 bits per heavy atom. The molecule has 0 fully saturated rings. The normalized spacial score (nSPS) is 18.1. The van der Waals surface area contributed by atoms with Crippen LogP contribution in [0.3, 0.4) is 0 Å². The topological polar surface area (TPSA) is 92.9 Å². The lowest BCUT2D eigenvalue weighted by molar-refractivity contribution is 0.179. The van der Waals surface area contributed by atoms with Crippen LogP contribution in [0.15, 0.2) is 30.3 Å². The third-order valence-electron chi connectivity index (χ3n) is 5.07. The zero-order chi connectivity index (χ0) is 20.1. The molecule has 2 aromatic carbocycles. The van der Waals surface area contributed by atoms with Gasteiger partial charge in [-0.05, 0) is 59.4 Å². The van der Waals surface area contributed by atoms with Crippen molar-refractivity contribution in [2.75, 3.05) is 0 Å². The third kappa shape index (κ3) is 3.09. The minimum absolute atomic E-state index is 0.171. The number of fused-ring (bicyclic) bond motifs is 1. The summed E-state index contributed by atoms with van der Waals surface area (Å²) in [6.45, 7) is 1.86. The second kappa shape index (κ2) is 6.56. The highest BCUT2D eigenvalue weighted by molar-refractivity contribution is 6.31. The van der Waals surface area contributed by atoms with Crippen molar-refractivity contribution >= 4 is 17.7 Å². The fourth-order valence-corrected chi connectivity index (χ4v) is 4.01. The van der Waals surface area contributed by atoms with Gasteiger partial charge in [-0.1, -0.05) is 29.8 Å². The molecular formula is C19H17ClFN5O2. The lowest BCUT2D eigenvalue weighted by Gasteiger charge is -2.25. The summed E-state index contributed by atoms with van der Waals surface area (Å²) in [6, 6.07) is 8.53. The van der Waals surface area contributed by atoms with E-state index in [0.717, 1.165) is 16.7 Å². The molecule has 1 aliphatic rings. The summed E-state index contributed by atoms with van der Waals surface area (Å²) < 4.78 is 14.8. The van der Waals surface area contributed by atoms with Crippen molar-refractivity contribution in [1.82, 2.24) is 25.5 Å². The Bertz CT molecular complexity index is 1100. The summed E-state index contributed by atoms with van der Waals surface area (Å²) in [4.78, 5) is 12.4. The Labute approximate surface area is 165 Å². The molecule has 0 aliphatic heterocycles. The van der Waals surface area contributed by atoms with Crippen LogP contribution in [0.5, 0.6) is 0 Å². The van der Waals surface area contributed by atoms with Gasteiger partial charge in [0, 0.05) is 5.02 Å². The molecule has 1 amide bonds. The van der Waals surface area contributed by atoms with Crippen molar-refractivity contribution < 1.29 is 14.3 Å². The number of benzene rings is 2. The fourth-order valence-electron chi connectivity index (χ4n) is 3.80. The Balaban J connectivity index is 1.84. The number of amides is 1. The average Bonchev–Trinajstić information content (AvgIpc) is 3.17. The van der Waals surface area contributed by atoms with Gasteiger partial charge in [-0.3, -0.25) is 0 Å². The average molecular weight is 402 g/mol. The molecular weight excluding hydrogens is 385 g/mol. The highest BCUT2D eigenvalue weighted by Crippen LogP contribution is 2.41. The Morgan fingerprint density at radius 3 is 2.82 bits per heavy atom. The van der Waals surface area contributed by atoms with Crippen molar-refractivity contribution in [1.29, 1.82) is 0 Å². The maximum atomic E-state index is 14.8. The predicted octanol–water partition coefficient (Wildman–Crippen LogP) is 3.77. The second-order valence-electron chi connectivity index (χ2n) is 7.05. The van der Waals surface area contributed by atoms with Crippen LogP contribution < -0.4 is 5.32 Å². The van der Waals surface area contributed by atoms with Crippen molar-refractivity contribution in [2.45, 2.75) is 25.3 Å². The van der Waals surface area contributed by atoms with Gasteiger partial charge < -0.3 is 10.4 Å². The quantitative estimate of drug-likeness (QED) is 0.697. The molecule has 1 unspecified atom stereocenters. The number of hydrogen-bond donors (Lipinski definition) is 2. The van der Waals surface area contributed by atoms with Crippen LogP contribution in [0.25, 0.3) is 22.5 Å². The standard InChI is InChI=1S/C19H17ClFN5O2/c1-19(22-18(27)28)6-5-11-7-10(3-4-14(11)19)13-8-12(20)9-15(21)16(13)17-23-25-26(2)24-17/h3-4,7-9,22H,5-6H2,1-2H3,(H,27,28). The molecule has 1 heterocycles. The molecule has 1 aliphatic carbocycles. The van der Waals surface area contributed by atoms with E-state index in [1.54, 1.807) is 13.1 Å². The van der Waals surface area contributed by atoms with Crippen molar-refractivity contribution in [3.8, 4) is 22.5 Å². The lowest BCUT2D eigenvalue weighted by atomic mass is 9.91. The number of rotatable bonds is 3. The smallest absolute Gasteiger partial charge is 0.405 e. The van der Waals surface area contributed by atoms with Gasteiger partial charge in [-0.25, -0.2) is 9.18 Å². The van der Waals surface area contributed by atoms with E-state index >= 15 is 0 Å². The van der Waals surface area contributed by atoms with Crippen LogP contribution in [-0.4, -0.2) is 31.4 Å². The molecule has 144 valence electrons. The van der Waals surface area contributed by atoms with Crippen molar-refractivity contribution in [2.24, 2.45) is 7.05 Å². The predicted molar refractivity (Wildman–Crippen MR) is 101 cm³/mol. The number of tetrazole rings is 1. The van der Waals surface area contributed by atoms with Gasteiger partial charge >= 0.3 is 6.09 Å². The molecule has 2 N–H and O–H groups in total. The number of carbonyl (C=O) groups is 1. The van der Waals surface area contributed by atoms with Crippen LogP contribution in [0, 0.1) is 5.82 Å². The van der Waals surface area contributed by atoms with Gasteiger partial charge in [-0.15, -0.1) is 10.2 Å². The van der Waals surface area contributed by atoms with E-state index in [0.29, 0.717) is 18.4 Å². The van der Waals surface area contributed by atoms with Gasteiger partial charge in [0.15, 0.2) is 0 Å². The highest BCUT2D eigenvalue weighted by Gasteiger charge is 2.36. The van der Waals surface area contributed by atoms with E-state index in [2.05, 4.69) is 20.7 Å². The van der Waals surface area contributed by atoms with Crippen molar-refractivity contribution in [3.05, 3.63) is 52.3 Å². The monoisotopic (exact) mass is 401 g/mol. The van der Waals surface area contributed by atoms with Crippen LogP contribution in [0.4, 0.5) is 9.18 Å². The number of aryl methyl sites for hydroxylation is 2. The Kier molecular flexibility index (Phi) is 4.30. The van der Waals surface area contributed by atoms with Gasteiger partial charge in [0.05, 0.1) is 18.2 Å². The summed E-state index contributed by atoms with van der Waals surface area (Å²) in [6.07, 6.45) is 0.301. The Hall–Kier alpha value is -3.00. The van der Waals surface area contributed by atoms with E-state index in [-0.39, 0.29) is 16.4 Å². The summed E-state index contributed by atoms with van der Waals surface area (Å²) in [5.41, 5.74) is 2.81. The first-order valence-corrected chi connectivity index (χ1v) is 9.03. The first-order chi connectivity index (χ1) is 13.3. The number of carboxylic acid groups (broad SMARTS) is 1. The highest BCUT2D eigenvalue weighted by atomic mass is 35.5. The van der Waals surface area contributed by atoms with Crippen LogP contribution in [0.1, 0.15) is 24.5 Å². The van der Waals surface area contributed by atoms with Crippen LogP contribution in [0.2, 0.25) is 5.02 Å². The van der Waals surface area contributed by atoms with Gasteiger partial charge in [-0.2, -0.15) is 4.80 Å². The van der Waals surface area contributed by atoms with E-state index in [9.17, 15) is 9.18 Å². The first-order valence-electron chi connectivity index (χ1n) is 8.65. The zero-order valence-electron chi connectivity index (χ0n) is 15.2. The second-order valence-corrected chi connectivity index (χ2v) is 7.48. The number of hydrogen-bond acceptors (Lipinski definition) is 4. The molecule has 0 bridgehead atoms. The summed E-state index contributed by atoms with van der Waals surface area (Å²) in [5, 5.41) is 23.8. The molecule has 0 radical (unpaired) electrons. The number of halogens is 2. The van der Waals surface area contributed by atoms with Gasteiger partial charge in [0.25, 0.3) is 0 Å². The minimum atomic E-state index is -1.06. The molecule has 9 heteroatoms. The number of nitrogens with one attached hydrogen (secondary N) is 1. The molecule has 7 nitrogen and oxygen atoms in total. The summed E-state index contributed by atoms with van der Waals surface area (Å²) in [5.74, 6) is -0.363. The minimum Gasteiger partial charge on any atom is -0.465 e. The molecule has 0 saturated heterocycles.